The number of aryl methyl sites for hydroxylation is 1. The summed E-state index contributed by atoms with van der Waals surface area (Å²) in [5.74, 6) is -3.02. The predicted molar refractivity (Wildman–Crippen MR) is 88.3 cm³/mol. The number of halogens is 2. The molecular formula is C17H26F2N4O2. The molecule has 1 spiro atoms. The van der Waals surface area contributed by atoms with Crippen LogP contribution < -0.4 is 0 Å². The zero-order valence-electron chi connectivity index (χ0n) is 15.1. The van der Waals surface area contributed by atoms with Gasteiger partial charge in [-0.1, -0.05) is 0 Å². The summed E-state index contributed by atoms with van der Waals surface area (Å²) in [4.78, 5) is 16.2. The van der Waals surface area contributed by atoms with Crippen molar-refractivity contribution in [2.24, 2.45) is 12.5 Å². The molecule has 0 saturated carbocycles. The molecule has 1 aromatic rings. The zero-order valence-corrected chi connectivity index (χ0v) is 15.1. The van der Waals surface area contributed by atoms with Crippen molar-refractivity contribution in [3.8, 4) is 0 Å². The summed E-state index contributed by atoms with van der Waals surface area (Å²) in [6.07, 6.45) is 1.84. The fourth-order valence-electron chi connectivity index (χ4n) is 4.09. The number of nitrogens with zero attached hydrogens (tertiary/aromatic N) is 4. The van der Waals surface area contributed by atoms with E-state index in [0.29, 0.717) is 39.2 Å². The number of hydrogen-bond donors (Lipinski definition) is 0. The van der Waals surface area contributed by atoms with Crippen LogP contribution in [-0.4, -0.2) is 71.3 Å². The van der Waals surface area contributed by atoms with Crippen LogP contribution in [0.5, 0.6) is 0 Å². The number of piperidine rings is 1. The molecule has 3 rings (SSSR count). The molecule has 25 heavy (non-hydrogen) atoms. The van der Waals surface area contributed by atoms with Crippen molar-refractivity contribution in [1.29, 1.82) is 0 Å². The number of carbonyl (C=O) groups excluding carboxylic acids is 1. The van der Waals surface area contributed by atoms with Gasteiger partial charge < -0.3 is 9.64 Å². The first-order valence-electron chi connectivity index (χ1n) is 8.62. The van der Waals surface area contributed by atoms with Crippen LogP contribution in [0, 0.1) is 12.3 Å². The Morgan fingerprint density at radius 2 is 2.12 bits per heavy atom. The largest absolute Gasteiger partial charge is 0.383 e. The van der Waals surface area contributed by atoms with Crippen LogP contribution in [0.25, 0.3) is 0 Å². The monoisotopic (exact) mass is 356 g/mol. The fraction of sp³-hybridized carbons (Fsp3) is 0.765. The first-order valence-corrected chi connectivity index (χ1v) is 8.62. The van der Waals surface area contributed by atoms with E-state index in [1.165, 1.54) is 0 Å². The molecule has 2 aliphatic heterocycles. The van der Waals surface area contributed by atoms with Gasteiger partial charge in [-0.15, -0.1) is 0 Å². The second-order valence-corrected chi connectivity index (χ2v) is 7.37. The Labute approximate surface area is 146 Å². The quantitative estimate of drug-likeness (QED) is 0.801. The maximum Gasteiger partial charge on any atom is 0.261 e. The summed E-state index contributed by atoms with van der Waals surface area (Å²) >= 11 is 0. The van der Waals surface area contributed by atoms with Crippen LogP contribution in [-0.2, 0) is 23.1 Å². The predicted octanol–water partition coefficient (Wildman–Crippen LogP) is 1.43. The molecule has 0 aromatic carbocycles. The van der Waals surface area contributed by atoms with Crippen LogP contribution >= 0.6 is 0 Å². The molecule has 0 bridgehead atoms. The van der Waals surface area contributed by atoms with Gasteiger partial charge in [0.2, 0.25) is 5.91 Å². The maximum atomic E-state index is 14.5. The van der Waals surface area contributed by atoms with E-state index < -0.39 is 11.3 Å². The van der Waals surface area contributed by atoms with Gasteiger partial charge in [0.05, 0.1) is 24.8 Å². The Morgan fingerprint density at radius 1 is 1.36 bits per heavy atom. The van der Waals surface area contributed by atoms with E-state index >= 15 is 0 Å². The minimum Gasteiger partial charge on any atom is -0.383 e. The molecule has 140 valence electrons. The van der Waals surface area contributed by atoms with E-state index in [9.17, 15) is 13.6 Å². The number of carbonyl (C=O) groups is 1. The van der Waals surface area contributed by atoms with Gasteiger partial charge in [0.1, 0.15) is 0 Å². The van der Waals surface area contributed by atoms with Gasteiger partial charge in [-0.25, -0.2) is 8.78 Å². The molecule has 0 N–H and O–H groups in total. The lowest BCUT2D eigenvalue weighted by atomic mass is 9.77. The fourth-order valence-corrected chi connectivity index (χ4v) is 4.09. The number of alkyl halides is 2. The molecule has 2 fully saturated rings. The van der Waals surface area contributed by atoms with Crippen molar-refractivity contribution in [1.82, 2.24) is 19.6 Å². The zero-order chi connectivity index (χ0) is 18.2. The standard InChI is InChI=1S/C17H26F2N4O2/c1-13-14(8-20-21(13)2)9-22-11-16(10-17(18,19)12-22)4-5-23(15(16)24)6-7-25-3/h8H,4-7,9-12H2,1-3H3/t16-/m0/s1. The molecule has 2 aliphatic rings. The van der Waals surface area contributed by atoms with Crippen molar-refractivity contribution in [2.75, 3.05) is 39.9 Å². The maximum absolute atomic E-state index is 14.5. The van der Waals surface area contributed by atoms with Gasteiger partial charge in [0.15, 0.2) is 0 Å². The van der Waals surface area contributed by atoms with Gasteiger partial charge in [0, 0.05) is 58.0 Å². The van der Waals surface area contributed by atoms with Crippen LogP contribution in [0.4, 0.5) is 8.78 Å². The Kier molecular flexibility index (Phi) is 4.85. The molecular weight excluding hydrogens is 330 g/mol. The lowest BCUT2D eigenvalue weighted by Crippen LogP contribution is -2.55. The lowest BCUT2D eigenvalue weighted by Gasteiger charge is -2.42. The van der Waals surface area contributed by atoms with E-state index in [2.05, 4.69) is 5.10 Å². The normalized spacial score (nSPS) is 26.8. The van der Waals surface area contributed by atoms with Gasteiger partial charge >= 0.3 is 0 Å². The van der Waals surface area contributed by atoms with E-state index in [4.69, 9.17) is 4.74 Å². The van der Waals surface area contributed by atoms with E-state index in [0.717, 1.165) is 11.3 Å². The second kappa shape index (κ2) is 6.64. The van der Waals surface area contributed by atoms with Crippen LogP contribution in [0.1, 0.15) is 24.1 Å². The van der Waals surface area contributed by atoms with Crippen LogP contribution in [0.2, 0.25) is 0 Å². The summed E-state index contributed by atoms with van der Waals surface area (Å²) < 4.78 is 35.7. The summed E-state index contributed by atoms with van der Waals surface area (Å²) in [5.41, 5.74) is 0.908. The minimum absolute atomic E-state index is 0.156. The molecule has 1 aromatic heterocycles. The summed E-state index contributed by atoms with van der Waals surface area (Å²) in [6.45, 7) is 3.79. The average Bonchev–Trinajstić information content (AvgIpc) is 2.99. The molecule has 3 heterocycles. The van der Waals surface area contributed by atoms with Gasteiger partial charge in [0.25, 0.3) is 5.92 Å². The van der Waals surface area contributed by atoms with Crippen molar-refractivity contribution in [2.45, 2.75) is 32.2 Å². The summed E-state index contributed by atoms with van der Waals surface area (Å²) in [7, 11) is 3.41. The highest BCUT2D eigenvalue weighted by Crippen LogP contribution is 2.45. The number of rotatable bonds is 5. The SMILES string of the molecule is COCCN1CC[C@]2(CN(Cc3cnn(C)c3C)CC(F)(F)C2)C1=O. The minimum atomic E-state index is -2.86. The van der Waals surface area contributed by atoms with Crippen molar-refractivity contribution < 1.29 is 18.3 Å². The van der Waals surface area contributed by atoms with Gasteiger partial charge in [-0.3, -0.25) is 14.4 Å². The number of ether oxygens (including phenoxy) is 1. The van der Waals surface area contributed by atoms with Crippen molar-refractivity contribution in [3.63, 3.8) is 0 Å². The van der Waals surface area contributed by atoms with Crippen molar-refractivity contribution >= 4 is 5.91 Å². The molecule has 0 aliphatic carbocycles. The smallest absolute Gasteiger partial charge is 0.261 e. The highest BCUT2D eigenvalue weighted by molar-refractivity contribution is 5.85. The van der Waals surface area contributed by atoms with E-state index in [1.54, 1.807) is 27.8 Å². The lowest BCUT2D eigenvalue weighted by molar-refractivity contribution is -0.155. The third kappa shape index (κ3) is 3.55. The first kappa shape index (κ1) is 18.3. The average molecular weight is 356 g/mol. The molecule has 0 radical (unpaired) electrons. The summed E-state index contributed by atoms with van der Waals surface area (Å²) in [6, 6.07) is 0. The Hall–Kier alpha value is -1.54. The molecule has 6 nitrogen and oxygen atoms in total. The third-order valence-corrected chi connectivity index (χ3v) is 5.48. The first-order chi connectivity index (χ1) is 11.8. The molecule has 8 heteroatoms. The Bertz CT molecular complexity index is 649. The Balaban J connectivity index is 1.77. The van der Waals surface area contributed by atoms with E-state index in [-0.39, 0.29) is 18.9 Å². The van der Waals surface area contributed by atoms with Gasteiger partial charge in [-0.05, 0) is 13.3 Å². The molecule has 2 saturated heterocycles. The highest BCUT2D eigenvalue weighted by atomic mass is 19.3. The molecule has 1 amide bonds. The van der Waals surface area contributed by atoms with Gasteiger partial charge in [-0.2, -0.15) is 5.10 Å². The van der Waals surface area contributed by atoms with E-state index in [1.807, 2.05) is 14.0 Å². The number of likely N-dealkylation sites (tertiary alicyclic amines) is 2. The second-order valence-electron chi connectivity index (χ2n) is 7.37. The van der Waals surface area contributed by atoms with Crippen molar-refractivity contribution in [3.05, 3.63) is 17.5 Å². The summed E-state index contributed by atoms with van der Waals surface area (Å²) in [5, 5.41) is 4.18. The Morgan fingerprint density at radius 3 is 2.76 bits per heavy atom. The van der Waals surface area contributed by atoms with Crippen LogP contribution in [0.15, 0.2) is 6.20 Å². The topological polar surface area (TPSA) is 50.6 Å². The van der Waals surface area contributed by atoms with Crippen LogP contribution in [0.3, 0.4) is 0 Å². The highest BCUT2D eigenvalue weighted by Gasteiger charge is 2.56. The third-order valence-electron chi connectivity index (χ3n) is 5.48. The molecule has 1 atom stereocenters. The number of methoxy groups -OCH3 is 1. The number of aromatic nitrogens is 2. The molecule has 0 unspecified atom stereocenters. The number of hydrogen-bond acceptors (Lipinski definition) is 4. The number of amides is 1.